The number of hydrogen-bond donors (Lipinski definition) is 0. The van der Waals surface area contributed by atoms with E-state index in [-0.39, 0.29) is 17.2 Å². The van der Waals surface area contributed by atoms with Crippen LogP contribution in [0.15, 0.2) is 91.0 Å². The van der Waals surface area contributed by atoms with E-state index >= 15 is 0 Å². The SMILES string of the molecule is FC(F)(F)c1cc(-c2cc(-c3ccccc3)[s+]c(-c3ccccc3)c2)cc(C(F)(F)F)c1.F[B-](F)(F)F. The van der Waals surface area contributed by atoms with Crippen molar-refractivity contribution >= 4 is 18.6 Å². The summed E-state index contributed by atoms with van der Waals surface area (Å²) in [4.78, 5) is 1.46. The molecule has 0 saturated carbocycles. The van der Waals surface area contributed by atoms with Gasteiger partial charge in [-0.25, -0.2) is 0 Å². The highest BCUT2D eigenvalue weighted by Crippen LogP contribution is 2.41. The third kappa shape index (κ3) is 8.31. The van der Waals surface area contributed by atoms with Crippen LogP contribution in [-0.4, -0.2) is 7.25 Å². The summed E-state index contributed by atoms with van der Waals surface area (Å²) in [6, 6.07) is 23.3. The fourth-order valence-electron chi connectivity index (χ4n) is 3.28. The number of hydrogen-bond acceptors (Lipinski definition) is 0. The highest BCUT2D eigenvalue weighted by Gasteiger charge is 2.37. The van der Waals surface area contributed by atoms with Crippen molar-refractivity contribution in [3.63, 3.8) is 0 Å². The van der Waals surface area contributed by atoms with Crippen molar-refractivity contribution in [1.82, 2.24) is 0 Å². The Morgan fingerprint density at radius 1 is 0.459 bits per heavy atom. The average molecular weight is 548 g/mol. The van der Waals surface area contributed by atoms with Crippen molar-refractivity contribution in [1.29, 1.82) is 0 Å². The average Bonchev–Trinajstić information content (AvgIpc) is 2.82. The Balaban J connectivity index is 0.000000695. The van der Waals surface area contributed by atoms with Crippen LogP contribution in [-0.2, 0) is 12.4 Å². The van der Waals surface area contributed by atoms with Crippen LogP contribution in [0.3, 0.4) is 0 Å². The lowest BCUT2D eigenvalue weighted by Crippen LogP contribution is -2.11. The topological polar surface area (TPSA) is 0 Å². The molecule has 0 saturated heterocycles. The van der Waals surface area contributed by atoms with Gasteiger partial charge in [0.25, 0.3) is 0 Å². The molecule has 4 rings (SSSR count). The van der Waals surface area contributed by atoms with Crippen LogP contribution in [0.2, 0.25) is 0 Å². The fourth-order valence-corrected chi connectivity index (χ4v) is 4.40. The lowest BCUT2D eigenvalue weighted by Gasteiger charge is -2.14. The van der Waals surface area contributed by atoms with Crippen molar-refractivity contribution in [2.24, 2.45) is 0 Å². The summed E-state index contributed by atoms with van der Waals surface area (Å²) in [5, 5.41) is 0. The second kappa shape index (κ2) is 10.9. The van der Waals surface area contributed by atoms with E-state index in [0.717, 1.165) is 33.0 Å². The minimum atomic E-state index is -6.00. The smallest absolute Gasteiger partial charge is 0.418 e. The Kier molecular flexibility index (Phi) is 8.31. The molecule has 0 amide bonds. The van der Waals surface area contributed by atoms with Gasteiger partial charge in [0, 0.05) is 23.3 Å². The maximum atomic E-state index is 13.4. The first-order valence-corrected chi connectivity index (χ1v) is 11.2. The van der Waals surface area contributed by atoms with E-state index in [1.165, 1.54) is 11.3 Å². The summed E-state index contributed by atoms with van der Waals surface area (Å²) in [6.07, 6.45) is -9.81. The molecular weight excluding hydrogens is 533 g/mol. The number of rotatable bonds is 3. The first kappa shape index (κ1) is 28.2. The predicted molar refractivity (Wildman–Crippen MR) is 125 cm³/mol. The molecule has 1 heterocycles. The minimum absolute atomic E-state index is 0.144. The molecule has 0 fully saturated rings. The van der Waals surface area contributed by atoms with Crippen molar-refractivity contribution < 1.29 is 43.6 Å². The van der Waals surface area contributed by atoms with Gasteiger partial charge in [-0.2, -0.15) is 26.3 Å². The van der Waals surface area contributed by atoms with Crippen LogP contribution >= 0.6 is 11.3 Å². The fraction of sp³-hybridized carbons (Fsp3) is 0.0800. The normalized spacial score (nSPS) is 12.1. The first-order valence-electron chi connectivity index (χ1n) is 10.4. The van der Waals surface area contributed by atoms with E-state index in [1.807, 2.05) is 60.7 Å². The van der Waals surface area contributed by atoms with Crippen molar-refractivity contribution in [2.45, 2.75) is 12.4 Å². The molecule has 0 aliphatic rings. The predicted octanol–water partition coefficient (Wildman–Crippen LogP) is 10.4. The number of benzene rings is 3. The van der Waals surface area contributed by atoms with E-state index in [1.54, 1.807) is 12.1 Å². The van der Waals surface area contributed by atoms with Crippen LogP contribution in [0, 0.1) is 0 Å². The molecule has 0 aliphatic heterocycles. The molecule has 0 nitrogen and oxygen atoms in total. The maximum absolute atomic E-state index is 13.4. The molecule has 0 atom stereocenters. The summed E-state index contributed by atoms with van der Waals surface area (Å²) in [5.74, 6) is 0. The second-order valence-corrected chi connectivity index (χ2v) is 8.68. The zero-order valence-electron chi connectivity index (χ0n) is 18.4. The highest BCUT2D eigenvalue weighted by molar-refractivity contribution is 7.18. The van der Waals surface area contributed by atoms with E-state index in [9.17, 15) is 43.6 Å². The van der Waals surface area contributed by atoms with Crippen molar-refractivity contribution in [2.75, 3.05) is 0 Å². The summed E-state index contributed by atoms with van der Waals surface area (Å²) in [5.41, 5.74) is -0.902. The standard InChI is InChI=1S/C25H15F6S.BF4/c26-24(27,28)20-11-18(12-21(15-20)25(29,30)31)19-13-22(16-7-3-1-4-8-16)32-23(14-19)17-9-5-2-6-10-17;2-1(3,4)5/h1-15H;/q+1;-1. The Morgan fingerprint density at radius 2 is 0.784 bits per heavy atom. The molecule has 0 radical (unpaired) electrons. The van der Waals surface area contributed by atoms with Gasteiger partial charge in [-0.05, 0) is 53.6 Å². The maximum Gasteiger partial charge on any atom is 0.673 e. The van der Waals surface area contributed by atoms with Crippen LogP contribution in [0.4, 0.5) is 43.6 Å². The monoisotopic (exact) mass is 548 g/mol. The molecule has 3 aromatic carbocycles. The van der Waals surface area contributed by atoms with Crippen LogP contribution in [0.5, 0.6) is 0 Å². The lowest BCUT2D eigenvalue weighted by molar-refractivity contribution is -0.143. The van der Waals surface area contributed by atoms with E-state index in [4.69, 9.17) is 0 Å². The van der Waals surface area contributed by atoms with E-state index in [0.29, 0.717) is 0 Å². The van der Waals surface area contributed by atoms with Crippen molar-refractivity contribution in [3.05, 3.63) is 102 Å². The van der Waals surface area contributed by atoms with Crippen molar-refractivity contribution in [3.8, 4) is 32.0 Å². The summed E-state index contributed by atoms with van der Waals surface area (Å²) >= 11 is 1.41. The Bertz CT molecular complexity index is 1240. The number of halogens is 10. The van der Waals surface area contributed by atoms with Gasteiger partial charge in [-0.1, -0.05) is 36.4 Å². The molecule has 0 spiro atoms. The summed E-state index contributed by atoms with van der Waals surface area (Å²) in [6.45, 7) is 0. The van der Waals surface area contributed by atoms with Gasteiger partial charge in [-0.15, -0.1) is 0 Å². The van der Waals surface area contributed by atoms with Crippen LogP contribution in [0.25, 0.3) is 32.0 Å². The van der Waals surface area contributed by atoms with Crippen LogP contribution < -0.4 is 0 Å². The third-order valence-corrected chi connectivity index (χ3v) is 5.98. The first-order chi connectivity index (χ1) is 17.1. The Morgan fingerprint density at radius 3 is 1.11 bits per heavy atom. The summed E-state index contributed by atoms with van der Waals surface area (Å²) < 4.78 is 119. The zero-order valence-corrected chi connectivity index (χ0v) is 19.2. The van der Waals surface area contributed by atoms with Crippen LogP contribution in [0.1, 0.15) is 11.1 Å². The highest BCUT2D eigenvalue weighted by atomic mass is 32.1. The van der Waals surface area contributed by atoms with Gasteiger partial charge in [0.05, 0.1) is 11.1 Å². The molecule has 0 aliphatic carbocycles. The molecule has 4 aromatic rings. The largest absolute Gasteiger partial charge is 0.673 e. The molecule has 0 bridgehead atoms. The van der Waals surface area contributed by atoms with Gasteiger partial charge >= 0.3 is 19.6 Å². The van der Waals surface area contributed by atoms with Gasteiger partial charge in [0.1, 0.15) is 0 Å². The molecule has 37 heavy (non-hydrogen) atoms. The van der Waals surface area contributed by atoms with Gasteiger partial charge in [-0.3, -0.25) is 0 Å². The molecule has 194 valence electrons. The van der Waals surface area contributed by atoms with E-state index in [2.05, 4.69) is 0 Å². The number of alkyl halides is 6. The minimum Gasteiger partial charge on any atom is -0.418 e. The Labute approximate surface area is 208 Å². The summed E-state index contributed by atoms with van der Waals surface area (Å²) in [7, 11) is -6.00. The van der Waals surface area contributed by atoms with Gasteiger partial charge < -0.3 is 17.3 Å². The molecule has 0 N–H and O–H groups in total. The quantitative estimate of drug-likeness (QED) is 0.136. The molecule has 12 heteroatoms. The molecule has 1 aromatic heterocycles. The molecular formula is C25H15BF10S. The lowest BCUT2D eigenvalue weighted by atomic mass is 9.98. The zero-order chi connectivity index (χ0) is 27.4. The Hall–Kier alpha value is -3.41. The molecule has 0 unspecified atom stereocenters. The second-order valence-electron chi connectivity index (χ2n) is 7.60. The third-order valence-electron chi connectivity index (χ3n) is 4.83. The van der Waals surface area contributed by atoms with Gasteiger partial charge in [0.15, 0.2) is 0 Å². The van der Waals surface area contributed by atoms with E-state index < -0.39 is 30.7 Å². The van der Waals surface area contributed by atoms with Gasteiger partial charge in [0.2, 0.25) is 21.1 Å².